The van der Waals surface area contributed by atoms with Crippen molar-refractivity contribution >= 4 is 6.21 Å². The van der Waals surface area contributed by atoms with E-state index in [4.69, 9.17) is 9.15 Å². The van der Waals surface area contributed by atoms with Crippen LogP contribution in [-0.2, 0) is 11.3 Å². The number of furan rings is 1. The number of aromatic hydroxyl groups is 1. The van der Waals surface area contributed by atoms with Gasteiger partial charge in [0.05, 0.1) is 26.0 Å². The molecule has 0 saturated heterocycles. The highest BCUT2D eigenvalue weighted by Gasteiger charge is 2.13. The van der Waals surface area contributed by atoms with Crippen LogP contribution < -0.4 is 11.2 Å². The lowest BCUT2D eigenvalue weighted by Crippen LogP contribution is -2.32. The van der Waals surface area contributed by atoms with E-state index in [9.17, 15) is 14.7 Å². The summed E-state index contributed by atoms with van der Waals surface area (Å²) in [5, 5.41) is 10.1. The van der Waals surface area contributed by atoms with Gasteiger partial charge in [-0.25, -0.2) is 4.79 Å². The number of nitrogens with zero attached hydrogens (tertiary/aromatic N) is 2. The maximum absolute atomic E-state index is 11.8. The molecule has 0 unspecified atom stereocenters. The molecule has 0 aliphatic heterocycles. The Hall–Kier alpha value is -2.61. The fourth-order valence-electron chi connectivity index (χ4n) is 1.81. The van der Waals surface area contributed by atoms with E-state index in [2.05, 4.69) is 9.98 Å². The van der Waals surface area contributed by atoms with Gasteiger partial charge < -0.3 is 14.3 Å². The summed E-state index contributed by atoms with van der Waals surface area (Å²) in [5.74, 6) is 0.0222. The van der Waals surface area contributed by atoms with E-state index in [-0.39, 0.29) is 12.1 Å². The van der Waals surface area contributed by atoms with Gasteiger partial charge in [-0.2, -0.15) is 0 Å². The summed E-state index contributed by atoms with van der Waals surface area (Å²) in [5.41, 5.74) is -1.49. The van der Waals surface area contributed by atoms with Gasteiger partial charge in [-0.3, -0.25) is 19.3 Å². The quantitative estimate of drug-likeness (QED) is 0.566. The normalized spacial score (nSPS) is 11.3. The number of aromatic nitrogens is 2. The van der Waals surface area contributed by atoms with E-state index in [0.717, 1.165) is 4.57 Å². The molecule has 0 amide bonds. The number of ether oxygens (including phenoxy) is 1. The highest BCUT2D eigenvalue weighted by Crippen LogP contribution is 2.11. The largest absolute Gasteiger partial charge is 0.494 e. The fraction of sp³-hybridized carbons (Fsp3) is 0.357. The Morgan fingerprint density at radius 2 is 2.32 bits per heavy atom. The van der Waals surface area contributed by atoms with E-state index < -0.39 is 17.1 Å². The standard InChI is InChI=1S/C14H17N3O5/c1-2-21-7-5-15-8-11-12(18)16-14(20)17(13(11)19)9-10-4-3-6-22-10/h3-4,6,8,19H,2,5,7,9H2,1H3,(H,16,18,20). The molecule has 0 aliphatic carbocycles. The Labute approximate surface area is 125 Å². The Morgan fingerprint density at radius 1 is 1.50 bits per heavy atom. The summed E-state index contributed by atoms with van der Waals surface area (Å²) >= 11 is 0. The molecule has 0 saturated carbocycles. The molecule has 0 spiro atoms. The van der Waals surface area contributed by atoms with Crippen molar-refractivity contribution in [1.29, 1.82) is 0 Å². The van der Waals surface area contributed by atoms with Gasteiger partial charge in [-0.1, -0.05) is 0 Å². The maximum Gasteiger partial charge on any atom is 0.331 e. The Bertz CT molecular complexity index is 743. The van der Waals surface area contributed by atoms with Gasteiger partial charge in [-0.15, -0.1) is 0 Å². The summed E-state index contributed by atoms with van der Waals surface area (Å²) in [6.45, 7) is 3.22. The zero-order valence-corrected chi connectivity index (χ0v) is 12.1. The van der Waals surface area contributed by atoms with Gasteiger partial charge in [0.25, 0.3) is 5.56 Å². The third-order valence-electron chi connectivity index (χ3n) is 2.89. The van der Waals surface area contributed by atoms with Gasteiger partial charge in [0, 0.05) is 12.8 Å². The zero-order chi connectivity index (χ0) is 15.9. The van der Waals surface area contributed by atoms with E-state index in [1.807, 2.05) is 6.92 Å². The molecule has 2 N–H and O–H groups in total. The highest BCUT2D eigenvalue weighted by molar-refractivity contribution is 5.81. The van der Waals surface area contributed by atoms with Crippen molar-refractivity contribution in [2.75, 3.05) is 19.8 Å². The first-order valence-electron chi connectivity index (χ1n) is 6.79. The van der Waals surface area contributed by atoms with Gasteiger partial charge in [0.2, 0.25) is 5.88 Å². The molecule has 8 nitrogen and oxygen atoms in total. The van der Waals surface area contributed by atoms with Crippen LogP contribution in [0.5, 0.6) is 5.88 Å². The molecule has 0 fully saturated rings. The molecule has 0 bridgehead atoms. The average molecular weight is 307 g/mol. The van der Waals surface area contributed by atoms with Crippen molar-refractivity contribution in [1.82, 2.24) is 9.55 Å². The molecule has 0 radical (unpaired) electrons. The van der Waals surface area contributed by atoms with Crippen molar-refractivity contribution in [2.24, 2.45) is 4.99 Å². The molecule has 0 aliphatic rings. The van der Waals surface area contributed by atoms with Crippen LogP contribution in [0.2, 0.25) is 0 Å². The molecule has 22 heavy (non-hydrogen) atoms. The molecule has 2 aromatic heterocycles. The second-order valence-corrected chi connectivity index (χ2v) is 4.39. The van der Waals surface area contributed by atoms with Crippen molar-refractivity contribution in [3.63, 3.8) is 0 Å². The zero-order valence-electron chi connectivity index (χ0n) is 12.1. The first-order valence-corrected chi connectivity index (χ1v) is 6.79. The minimum atomic E-state index is -0.717. The van der Waals surface area contributed by atoms with Crippen LogP contribution in [0.25, 0.3) is 0 Å². The Balaban J connectivity index is 2.26. The molecule has 8 heteroatoms. The molecular weight excluding hydrogens is 290 g/mol. The predicted molar refractivity (Wildman–Crippen MR) is 79.8 cm³/mol. The molecular formula is C14H17N3O5. The molecule has 0 aromatic carbocycles. The van der Waals surface area contributed by atoms with Crippen molar-refractivity contribution in [2.45, 2.75) is 13.5 Å². The van der Waals surface area contributed by atoms with E-state index in [1.165, 1.54) is 12.5 Å². The van der Waals surface area contributed by atoms with Gasteiger partial charge in [0.1, 0.15) is 11.3 Å². The number of H-pyrrole nitrogens is 1. The second kappa shape index (κ2) is 7.41. The topological polar surface area (TPSA) is 110 Å². The first kappa shape index (κ1) is 15.8. The molecule has 2 heterocycles. The summed E-state index contributed by atoms with van der Waals surface area (Å²) < 4.78 is 11.2. The lowest BCUT2D eigenvalue weighted by Gasteiger charge is -2.07. The summed E-state index contributed by atoms with van der Waals surface area (Å²) in [6, 6.07) is 3.33. The fourth-order valence-corrected chi connectivity index (χ4v) is 1.81. The number of aliphatic imine (C=N–C) groups is 1. The number of nitrogens with one attached hydrogen (secondary N) is 1. The van der Waals surface area contributed by atoms with Crippen molar-refractivity contribution in [3.8, 4) is 5.88 Å². The van der Waals surface area contributed by atoms with Crippen LogP contribution >= 0.6 is 0 Å². The van der Waals surface area contributed by atoms with Gasteiger partial charge in [-0.05, 0) is 19.1 Å². The molecule has 2 aromatic rings. The van der Waals surface area contributed by atoms with Crippen LogP contribution in [-0.4, -0.2) is 40.6 Å². The van der Waals surface area contributed by atoms with Gasteiger partial charge in [0.15, 0.2) is 0 Å². The van der Waals surface area contributed by atoms with Crippen LogP contribution in [0.3, 0.4) is 0 Å². The maximum atomic E-state index is 11.8. The summed E-state index contributed by atoms with van der Waals surface area (Å²) in [4.78, 5) is 29.7. The minimum absolute atomic E-state index is 0.00817. The number of aromatic amines is 1. The minimum Gasteiger partial charge on any atom is -0.494 e. The van der Waals surface area contributed by atoms with Gasteiger partial charge >= 0.3 is 5.69 Å². The molecule has 2 rings (SSSR count). The Morgan fingerprint density at radius 3 is 3.00 bits per heavy atom. The van der Waals surface area contributed by atoms with E-state index in [1.54, 1.807) is 12.1 Å². The van der Waals surface area contributed by atoms with Crippen LogP contribution in [0, 0.1) is 0 Å². The van der Waals surface area contributed by atoms with Crippen LogP contribution in [0.1, 0.15) is 18.2 Å². The lowest BCUT2D eigenvalue weighted by molar-refractivity contribution is 0.156. The third-order valence-corrected chi connectivity index (χ3v) is 2.89. The highest BCUT2D eigenvalue weighted by atomic mass is 16.5. The number of hydrogen-bond acceptors (Lipinski definition) is 6. The summed E-state index contributed by atoms with van der Waals surface area (Å²) in [7, 11) is 0. The monoisotopic (exact) mass is 307 g/mol. The van der Waals surface area contributed by atoms with Crippen LogP contribution in [0.4, 0.5) is 0 Å². The summed E-state index contributed by atoms with van der Waals surface area (Å²) in [6.07, 6.45) is 2.68. The third kappa shape index (κ3) is 3.73. The molecule has 0 atom stereocenters. The predicted octanol–water partition coefficient (Wildman–Crippen LogP) is 0.339. The lowest BCUT2D eigenvalue weighted by atomic mass is 10.3. The Kier molecular flexibility index (Phi) is 5.31. The number of hydrogen-bond donors (Lipinski definition) is 2. The smallest absolute Gasteiger partial charge is 0.331 e. The van der Waals surface area contributed by atoms with E-state index >= 15 is 0 Å². The van der Waals surface area contributed by atoms with Crippen molar-refractivity contribution in [3.05, 3.63) is 50.6 Å². The van der Waals surface area contributed by atoms with E-state index in [0.29, 0.717) is 25.5 Å². The van der Waals surface area contributed by atoms with Crippen molar-refractivity contribution < 1.29 is 14.3 Å². The first-order chi connectivity index (χ1) is 10.6. The van der Waals surface area contributed by atoms with Crippen LogP contribution in [0.15, 0.2) is 37.4 Å². The molecule has 118 valence electrons. The average Bonchev–Trinajstić information content (AvgIpc) is 2.99. The number of rotatable bonds is 7. The SMILES string of the molecule is CCOCCN=Cc1c(O)n(Cc2ccco2)c(=O)[nH]c1=O. The second-order valence-electron chi connectivity index (χ2n) is 4.39.